The van der Waals surface area contributed by atoms with Gasteiger partial charge in [-0.1, -0.05) is 32.0 Å². The van der Waals surface area contributed by atoms with E-state index in [2.05, 4.69) is 0 Å². The Bertz CT molecular complexity index is 1430. The van der Waals surface area contributed by atoms with Gasteiger partial charge in [0, 0.05) is 23.0 Å². The molecule has 0 spiro atoms. The highest BCUT2D eigenvalue weighted by Gasteiger charge is 2.57. The second-order valence-electron chi connectivity index (χ2n) is 9.87. The zero-order valence-electron chi connectivity index (χ0n) is 22.6. The van der Waals surface area contributed by atoms with Crippen molar-refractivity contribution in [2.45, 2.75) is 38.0 Å². The molecule has 0 bridgehead atoms. The first kappa shape index (κ1) is 27.2. The Hall–Kier alpha value is -4.40. The summed E-state index contributed by atoms with van der Waals surface area (Å²) in [6, 6.07) is 16.4. The number of hydrogen-bond donors (Lipinski definition) is 2. The molecule has 2 aliphatic rings. The minimum absolute atomic E-state index is 0.105. The molecule has 2 N–H and O–H groups in total. The lowest BCUT2D eigenvalue weighted by molar-refractivity contribution is -0.144. The van der Waals surface area contributed by atoms with Crippen LogP contribution in [0, 0.1) is 5.92 Å². The van der Waals surface area contributed by atoms with Crippen LogP contribution in [0.2, 0.25) is 0 Å². The van der Waals surface area contributed by atoms with E-state index in [1.807, 2.05) is 50.2 Å². The third-order valence-electron chi connectivity index (χ3n) is 7.79. The van der Waals surface area contributed by atoms with Gasteiger partial charge in [0.25, 0.3) is 0 Å². The number of rotatable bonds is 11. The molecule has 5 rings (SSSR count). The second kappa shape index (κ2) is 11.0. The van der Waals surface area contributed by atoms with E-state index < -0.39 is 35.8 Å². The standard InChI is InChI=1S/C31H32O9/c1-4-12-37-20-8-10-23-22(14-20)28(21-9-7-19(36-3)15-25(21)38-16-27(32)33)29(30(34)35)31(23,5-2)18-6-11-24-26(13-18)40-17-39-24/h6-11,13-15,28-29H,4-5,12,16-17H2,1-3H3,(H,32,33)(H,34,35)/t28-,29+,31+/m1/s1. The highest BCUT2D eigenvalue weighted by Crippen LogP contribution is 2.60. The Balaban J connectivity index is 1.77. The number of ether oxygens (including phenoxy) is 5. The molecule has 40 heavy (non-hydrogen) atoms. The van der Waals surface area contributed by atoms with Gasteiger partial charge in [-0.3, -0.25) is 4.79 Å². The van der Waals surface area contributed by atoms with Crippen molar-refractivity contribution >= 4 is 11.9 Å². The highest BCUT2D eigenvalue weighted by atomic mass is 16.7. The van der Waals surface area contributed by atoms with Gasteiger partial charge in [0.1, 0.15) is 17.2 Å². The Kier molecular flexibility index (Phi) is 7.47. The van der Waals surface area contributed by atoms with Gasteiger partial charge in [-0.25, -0.2) is 4.79 Å². The highest BCUT2D eigenvalue weighted by molar-refractivity contribution is 5.80. The molecule has 1 aliphatic carbocycles. The van der Waals surface area contributed by atoms with E-state index in [1.165, 1.54) is 7.11 Å². The second-order valence-corrected chi connectivity index (χ2v) is 9.87. The first-order valence-corrected chi connectivity index (χ1v) is 13.3. The van der Waals surface area contributed by atoms with Crippen molar-refractivity contribution < 1.29 is 43.5 Å². The molecule has 9 nitrogen and oxygen atoms in total. The van der Waals surface area contributed by atoms with Crippen molar-refractivity contribution in [1.82, 2.24) is 0 Å². The molecule has 0 aromatic heterocycles. The molecule has 0 radical (unpaired) electrons. The van der Waals surface area contributed by atoms with Gasteiger partial charge in [0.05, 0.1) is 19.6 Å². The minimum Gasteiger partial charge on any atom is -0.497 e. The van der Waals surface area contributed by atoms with Gasteiger partial charge < -0.3 is 33.9 Å². The van der Waals surface area contributed by atoms with Crippen LogP contribution in [-0.4, -0.2) is 49.3 Å². The lowest BCUT2D eigenvalue weighted by Gasteiger charge is -2.36. The van der Waals surface area contributed by atoms with E-state index >= 15 is 0 Å². The summed E-state index contributed by atoms with van der Waals surface area (Å²) < 4.78 is 28.2. The van der Waals surface area contributed by atoms with Crippen LogP contribution in [0.4, 0.5) is 0 Å². The summed E-state index contributed by atoms with van der Waals surface area (Å²) in [6.07, 6.45) is 1.30. The Morgan fingerprint density at radius 1 is 0.925 bits per heavy atom. The van der Waals surface area contributed by atoms with E-state index in [1.54, 1.807) is 18.2 Å². The number of carboxylic acid groups (broad SMARTS) is 2. The van der Waals surface area contributed by atoms with Crippen LogP contribution in [0.25, 0.3) is 0 Å². The van der Waals surface area contributed by atoms with Crippen molar-refractivity contribution in [2.24, 2.45) is 5.92 Å². The van der Waals surface area contributed by atoms with Gasteiger partial charge in [-0.2, -0.15) is 0 Å². The molecular weight excluding hydrogens is 516 g/mol. The smallest absolute Gasteiger partial charge is 0.341 e. The monoisotopic (exact) mass is 548 g/mol. The summed E-state index contributed by atoms with van der Waals surface area (Å²) in [4.78, 5) is 24.8. The summed E-state index contributed by atoms with van der Waals surface area (Å²) in [7, 11) is 1.50. The quantitative estimate of drug-likeness (QED) is 0.332. The molecule has 1 heterocycles. The largest absolute Gasteiger partial charge is 0.497 e. The van der Waals surface area contributed by atoms with E-state index in [-0.39, 0.29) is 12.5 Å². The summed E-state index contributed by atoms with van der Waals surface area (Å²) in [5, 5.41) is 20.2. The summed E-state index contributed by atoms with van der Waals surface area (Å²) >= 11 is 0. The molecule has 3 aromatic rings. The maximum Gasteiger partial charge on any atom is 0.341 e. The van der Waals surface area contributed by atoms with Gasteiger partial charge >= 0.3 is 11.9 Å². The van der Waals surface area contributed by atoms with Crippen molar-refractivity contribution in [2.75, 3.05) is 27.1 Å². The molecule has 0 saturated carbocycles. The van der Waals surface area contributed by atoms with Crippen molar-refractivity contribution in [3.05, 3.63) is 76.9 Å². The molecule has 1 aliphatic heterocycles. The molecule has 3 atom stereocenters. The van der Waals surface area contributed by atoms with Crippen molar-refractivity contribution in [3.8, 4) is 28.7 Å². The zero-order valence-corrected chi connectivity index (χ0v) is 22.6. The average Bonchev–Trinajstić information content (AvgIpc) is 3.55. The molecule has 210 valence electrons. The molecule has 0 saturated heterocycles. The number of methoxy groups -OCH3 is 1. The van der Waals surface area contributed by atoms with Crippen LogP contribution in [0.15, 0.2) is 54.6 Å². The molecule has 3 aromatic carbocycles. The summed E-state index contributed by atoms with van der Waals surface area (Å²) in [6.45, 7) is 4.03. The SMILES string of the molecule is CCCOc1ccc2c(c1)[C@@H](c1ccc(OC)cc1OCC(=O)O)[C@@H](C(=O)O)[C@@]2(CC)c1ccc2c(c1)OCO2. The Morgan fingerprint density at radius 3 is 2.40 bits per heavy atom. The minimum atomic E-state index is -1.14. The number of hydrogen-bond acceptors (Lipinski definition) is 7. The molecular formula is C31H32O9. The maximum atomic E-state index is 13.3. The lowest BCUT2D eigenvalue weighted by atomic mass is 9.65. The van der Waals surface area contributed by atoms with Gasteiger partial charge in [-0.05, 0) is 59.9 Å². The number of carbonyl (C=O) groups is 2. The summed E-state index contributed by atoms with van der Waals surface area (Å²) in [5.74, 6) is -1.25. The van der Waals surface area contributed by atoms with Crippen LogP contribution in [0.5, 0.6) is 28.7 Å². The topological polar surface area (TPSA) is 121 Å². The predicted octanol–water partition coefficient (Wildman–Crippen LogP) is 5.22. The van der Waals surface area contributed by atoms with Crippen LogP contribution in [0.3, 0.4) is 0 Å². The van der Waals surface area contributed by atoms with E-state index in [9.17, 15) is 19.8 Å². The van der Waals surface area contributed by atoms with E-state index in [0.717, 1.165) is 23.1 Å². The van der Waals surface area contributed by atoms with E-state index in [4.69, 9.17) is 23.7 Å². The fraction of sp³-hybridized carbons (Fsp3) is 0.355. The van der Waals surface area contributed by atoms with Crippen molar-refractivity contribution in [1.29, 1.82) is 0 Å². The predicted molar refractivity (Wildman–Crippen MR) is 145 cm³/mol. The molecule has 0 amide bonds. The Labute approximate surface area is 232 Å². The van der Waals surface area contributed by atoms with E-state index in [0.29, 0.717) is 41.6 Å². The van der Waals surface area contributed by atoms with Gasteiger partial charge in [-0.15, -0.1) is 0 Å². The Morgan fingerprint density at radius 2 is 1.70 bits per heavy atom. The molecule has 9 heteroatoms. The number of aliphatic carboxylic acids is 2. The number of carboxylic acids is 2. The fourth-order valence-electron chi connectivity index (χ4n) is 6.13. The lowest BCUT2D eigenvalue weighted by Crippen LogP contribution is -2.39. The first-order valence-electron chi connectivity index (χ1n) is 13.3. The maximum absolute atomic E-state index is 13.3. The van der Waals surface area contributed by atoms with Crippen LogP contribution in [-0.2, 0) is 15.0 Å². The first-order chi connectivity index (χ1) is 19.3. The van der Waals surface area contributed by atoms with Gasteiger partial charge in [0.2, 0.25) is 6.79 Å². The zero-order chi connectivity index (χ0) is 28.4. The van der Waals surface area contributed by atoms with Gasteiger partial charge in [0.15, 0.2) is 18.1 Å². The third-order valence-corrected chi connectivity index (χ3v) is 7.79. The summed E-state index contributed by atoms with van der Waals surface area (Å²) in [5.41, 5.74) is 2.04. The van der Waals surface area contributed by atoms with Crippen LogP contribution < -0.4 is 23.7 Å². The van der Waals surface area contributed by atoms with Crippen LogP contribution >= 0.6 is 0 Å². The van der Waals surface area contributed by atoms with Crippen LogP contribution in [0.1, 0.15) is 54.9 Å². The number of benzene rings is 3. The fourth-order valence-corrected chi connectivity index (χ4v) is 6.13. The molecule has 0 unspecified atom stereocenters. The number of fused-ring (bicyclic) bond motifs is 2. The molecule has 0 fully saturated rings. The average molecular weight is 549 g/mol. The third kappa shape index (κ3) is 4.55. The van der Waals surface area contributed by atoms with Crippen molar-refractivity contribution in [3.63, 3.8) is 0 Å². The normalized spacial score (nSPS) is 20.6.